The first kappa shape index (κ1) is 14.6. The van der Waals surface area contributed by atoms with E-state index in [9.17, 15) is 14.4 Å². The van der Waals surface area contributed by atoms with Crippen LogP contribution in [0.2, 0.25) is 0 Å². The van der Waals surface area contributed by atoms with E-state index in [2.05, 4.69) is 0 Å². The molecule has 1 aromatic rings. The number of piperazine rings is 1. The van der Waals surface area contributed by atoms with E-state index in [-0.39, 0.29) is 30.4 Å². The molecule has 2 fully saturated rings. The summed E-state index contributed by atoms with van der Waals surface area (Å²) in [5, 5.41) is 0. The SMILES string of the molecule is CC(C)N1C(=O)C2CN(C(=O)c3ccccc3)CCN2C1=O. The molecule has 4 amide bonds. The van der Waals surface area contributed by atoms with Gasteiger partial charge in [-0.05, 0) is 26.0 Å². The van der Waals surface area contributed by atoms with Crippen molar-refractivity contribution in [2.45, 2.75) is 25.9 Å². The van der Waals surface area contributed by atoms with Crippen LogP contribution in [0.1, 0.15) is 24.2 Å². The fraction of sp³-hybridized carbons (Fsp3) is 0.438. The van der Waals surface area contributed by atoms with E-state index in [1.807, 2.05) is 32.0 Å². The normalized spacial score (nSPS) is 21.6. The number of fused-ring (bicyclic) bond motifs is 1. The molecule has 1 atom stereocenters. The number of carbonyl (C=O) groups is 3. The first-order valence-electron chi connectivity index (χ1n) is 7.48. The summed E-state index contributed by atoms with van der Waals surface area (Å²) in [4.78, 5) is 41.7. The Labute approximate surface area is 129 Å². The predicted octanol–water partition coefficient (Wildman–Crippen LogP) is 1.18. The zero-order valence-electron chi connectivity index (χ0n) is 12.7. The van der Waals surface area contributed by atoms with Gasteiger partial charge in [-0.25, -0.2) is 4.79 Å². The van der Waals surface area contributed by atoms with Gasteiger partial charge in [-0.1, -0.05) is 18.2 Å². The van der Waals surface area contributed by atoms with Gasteiger partial charge in [-0.15, -0.1) is 0 Å². The third-order valence-corrected chi connectivity index (χ3v) is 4.18. The first-order chi connectivity index (χ1) is 10.5. The Morgan fingerprint density at radius 3 is 2.45 bits per heavy atom. The van der Waals surface area contributed by atoms with E-state index < -0.39 is 6.04 Å². The van der Waals surface area contributed by atoms with E-state index in [1.54, 1.807) is 21.9 Å². The largest absolute Gasteiger partial charge is 0.334 e. The smallest absolute Gasteiger partial charge is 0.327 e. The van der Waals surface area contributed by atoms with Crippen LogP contribution in [0.15, 0.2) is 30.3 Å². The van der Waals surface area contributed by atoms with Crippen LogP contribution in [0, 0.1) is 0 Å². The molecule has 3 rings (SSSR count). The lowest BCUT2D eigenvalue weighted by molar-refractivity contribution is -0.130. The molecule has 0 radical (unpaired) electrons. The highest BCUT2D eigenvalue weighted by atomic mass is 16.2. The summed E-state index contributed by atoms with van der Waals surface area (Å²) in [6, 6.07) is 8.06. The maximum absolute atomic E-state index is 12.5. The van der Waals surface area contributed by atoms with E-state index in [0.29, 0.717) is 18.7 Å². The van der Waals surface area contributed by atoms with Crippen molar-refractivity contribution < 1.29 is 14.4 Å². The second kappa shape index (κ2) is 5.44. The topological polar surface area (TPSA) is 60.9 Å². The molecule has 0 aliphatic carbocycles. The third-order valence-electron chi connectivity index (χ3n) is 4.18. The summed E-state index contributed by atoms with van der Waals surface area (Å²) in [6.45, 7) is 4.76. The number of hydrogen-bond donors (Lipinski definition) is 0. The highest BCUT2D eigenvalue weighted by Crippen LogP contribution is 2.24. The average Bonchev–Trinajstić information content (AvgIpc) is 2.78. The molecule has 6 nitrogen and oxygen atoms in total. The fourth-order valence-electron chi connectivity index (χ4n) is 3.04. The molecule has 2 aliphatic heterocycles. The molecule has 0 aromatic heterocycles. The number of urea groups is 1. The Balaban J connectivity index is 1.78. The quantitative estimate of drug-likeness (QED) is 0.771. The molecule has 116 valence electrons. The van der Waals surface area contributed by atoms with Gasteiger partial charge in [-0.3, -0.25) is 14.5 Å². The monoisotopic (exact) mass is 301 g/mol. The number of nitrogens with zero attached hydrogens (tertiary/aromatic N) is 3. The van der Waals surface area contributed by atoms with Crippen LogP contribution in [-0.2, 0) is 4.79 Å². The van der Waals surface area contributed by atoms with Crippen LogP contribution in [0.4, 0.5) is 4.79 Å². The molecule has 0 spiro atoms. The van der Waals surface area contributed by atoms with Crippen molar-refractivity contribution in [3.63, 3.8) is 0 Å². The van der Waals surface area contributed by atoms with Gasteiger partial charge < -0.3 is 9.80 Å². The maximum Gasteiger partial charge on any atom is 0.327 e. The summed E-state index contributed by atoms with van der Waals surface area (Å²) in [6.07, 6.45) is 0. The van der Waals surface area contributed by atoms with E-state index in [0.717, 1.165) is 0 Å². The summed E-state index contributed by atoms with van der Waals surface area (Å²) in [7, 11) is 0. The first-order valence-corrected chi connectivity index (χ1v) is 7.48. The summed E-state index contributed by atoms with van der Waals surface area (Å²) >= 11 is 0. The van der Waals surface area contributed by atoms with Gasteiger partial charge in [0.25, 0.3) is 11.8 Å². The standard InChI is InChI=1S/C16H19N3O3/c1-11(2)19-15(21)13-10-17(8-9-18(13)16(19)22)14(20)12-6-4-3-5-7-12/h3-7,11,13H,8-10H2,1-2H3. The Morgan fingerprint density at radius 1 is 1.14 bits per heavy atom. The van der Waals surface area contributed by atoms with Crippen molar-refractivity contribution in [1.82, 2.24) is 14.7 Å². The minimum atomic E-state index is -0.545. The van der Waals surface area contributed by atoms with Crippen LogP contribution in [-0.4, -0.2) is 64.3 Å². The fourth-order valence-corrected chi connectivity index (χ4v) is 3.04. The molecule has 1 aromatic carbocycles. The Hall–Kier alpha value is -2.37. The second-order valence-electron chi connectivity index (χ2n) is 5.91. The molecule has 2 aliphatic rings. The Bertz CT molecular complexity index is 614. The minimum absolute atomic E-state index is 0.0940. The van der Waals surface area contributed by atoms with Crippen molar-refractivity contribution >= 4 is 17.8 Å². The third kappa shape index (κ3) is 2.24. The molecule has 22 heavy (non-hydrogen) atoms. The lowest BCUT2D eigenvalue weighted by atomic mass is 10.1. The number of hydrogen-bond acceptors (Lipinski definition) is 3. The van der Waals surface area contributed by atoms with Gasteiger partial charge in [0.2, 0.25) is 0 Å². The van der Waals surface area contributed by atoms with Gasteiger partial charge in [0.1, 0.15) is 6.04 Å². The van der Waals surface area contributed by atoms with Crippen molar-refractivity contribution in [3.05, 3.63) is 35.9 Å². The molecule has 0 N–H and O–H groups in total. The summed E-state index contributed by atoms with van der Waals surface area (Å²) < 4.78 is 0. The highest BCUT2D eigenvalue weighted by molar-refractivity contribution is 6.05. The summed E-state index contributed by atoms with van der Waals surface area (Å²) in [5.74, 6) is -0.297. The zero-order chi connectivity index (χ0) is 15.9. The van der Waals surface area contributed by atoms with Crippen molar-refractivity contribution in [2.24, 2.45) is 0 Å². The Morgan fingerprint density at radius 2 is 1.82 bits per heavy atom. The second-order valence-corrected chi connectivity index (χ2v) is 5.91. The average molecular weight is 301 g/mol. The summed E-state index contributed by atoms with van der Waals surface area (Å²) in [5.41, 5.74) is 0.605. The van der Waals surface area contributed by atoms with Crippen LogP contribution < -0.4 is 0 Å². The number of benzene rings is 1. The van der Waals surface area contributed by atoms with Crippen molar-refractivity contribution in [3.8, 4) is 0 Å². The molecular formula is C16H19N3O3. The molecule has 6 heteroatoms. The predicted molar refractivity (Wildman–Crippen MR) is 80.2 cm³/mol. The number of amides is 4. The Kier molecular flexibility index (Phi) is 3.60. The molecule has 0 saturated carbocycles. The number of rotatable bonds is 2. The van der Waals surface area contributed by atoms with Crippen molar-refractivity contribution in [1.29, 1.82) is 0 Å². The lowest BCUT2D eigenvalue weighted by Gasteiger charge is -2.35. The van der Waals surface area contributed by atoms with Crippen LogP contribution >= 0.6 is 0 Å². The molecule has 2 saturated heterocycles. The zero-order valence-corrected chi connectivity index (χ0v) is 12.7. The number of imide groups is 1. The maximum atomic E-state index is 12.5. The van der Waals surface area contributed by atoms with E-state index in [1.165, 1.54) is 4.90 Å². The lowest BCUT2D eigenvalue weighted by Crippen LogP contribution is -2.54. The van der Waals surface area contributed by atoms with Crippen molar-refractivity contribution in [2.75, 3.05) is 19.6 Å². The van der Waals surface area contributed by atoms with Crippen LogP contribution in [0.25, 0.3) is 0 Å². The molecular weight excluding hydrogens is 282 g/mol. The molecule has 1 unspecified atom stereocenters. The van der Waals surface area contributed by atoms with E-state index >= 15 is 0 Å². The minimum Gasteiger partial charge on any atom is -0.334 e. The molecule has 2 heterocycles. The van der Waals surface area contributed by atoms with E-state index in [4.69, 9.17) is 0 Å². The van der Waals surface area contributed by atoms with Gasteiger partial charge >= 0.3 is 6.03 Å². The van der Waals surface area contributed by atoms with Gasteiger partial charge in [-0.2, -0.15) is 0 Å². The molecule has 0 bridgehead atoms. The van der Waals surface area contributed by atoms with Gasteiger partial charge in [0.05, 0.1) is 6.54 Å². The van der Waals surface area contributed by atoms with Crippen LogP contribution in [0.5, 0.6) is 0 Å². The van der Waals surface area contributed by atoms with Gasteiger partial charge in [0, 0.05) is 24.7 Å². The van der Waals surface area contributed by atoms with Crippen LogP contribution in [0.3, 0.4) is 0 Å². The van der Waals surface area contributed by atoms with Gasteiger partial charge in [0.15, 0.2) is 0 Å². The highest BCUT2D eigenvalue weighted by Gasteiger charge is 2.49. The number of carbonyl (C=O) groups excluding carboxylic acids is 3.